The summed E-state index contributed by atoms with van der Waals surface area (Å²) in [6.45, 7) is 3.31. The predicted molar refractivity (Wildman–Crippen MR) is 61.6 cm³/mol. The molecule has 2 fully saturated rings. The minimum Gasteiger partial charge on any atom is -0.368 e. The van der Waals surface area contributed by atoms with Crippen molar-refractivity contribution in [2.45, 2.75) is 31.1 Å². The van der Waals surface area contributed by atoms with Crippen LogP contribution in [0.5, 0.6) is 0 Å². The van der Waals surface area contributed by atoms with Gasteiger partial charge >= 0.3 is 0 Å². The lowest BCUT2D eigenvalue weighted by Gasteiger charge is -2.29. The molecular formula is C10H18N2O4S. The van der Waals surface area contributed by atoms with E-state index < -0.39 is 15.3 Å². The highest BCUT2D eigenvalue weighted by molar-refractivity contribution is 7.89. The fourth-order valence-corrected chi connectivity index (χ4v) is 3.03. The van der Waals surface area contributed by atoms with Crippen LogP contribution in [-0.4, -0.2) is 50.3 Å². The Morgan fingerprint density at radius 1 is 1.47 bits per heavy atom. The van der Waals surface area contributed by atoms with E-state index in [1.807, 2.05) is 0 Å². The highest BCUT2D eigenvalue weighted by Crippen LogP contribution is 2.25. The molecule has 0 aromatic rings. The molecule has 0 bridgehead atoms. The number of primary sulfonamides is 1. The Morgan fingerprint density at radius 3 is 2.59 bits per heavy atom. The molecule has 98 valence electrons. The third-order valence-corrected chi connectivity index (χ3v) is 5.11. The molecule has 2 heterocycles. The van der Waals surface area contributed by atoms with Gasteiger partial charge in [-0.05, 0) is 19.3 Å². The maximum atomic E-state index is 11.9. The Labute approximate surface area is 101 Å². The molecule has 3 atom stereocenters. The van der Waals surface area contributed by atoms with Gasteiger partial charge in [-0.2, -0.15) is 0 Å². The lowest BCUT2D eigenvalue weighted by Crippen LogP contribution is -2.45. The second-order valence-electron chi connectivity index (χ2n) is 4.78. The Bertz CT molecular complexity index is 405. The Hall–Kier alpha value is -0.660. The number of carbonyl (C=O) groups is 1. The first-order chi connectivity index (χ1) is 7.89. The Balaban J connectivity index is 1.93. The fourth-order valence-electron chi connectivity index (χ4n) is 2.27. The number of rotatable bonds is 3. The van der Waals surface area contributed by atoms with Gasteiger partial charge in [-0.15, -0.1) is 0 Å². The molecule has 2 rings (SSSR count). The lowest BCUT2D eigenvalue weighted by atomic mass is 10.1. The summed E-state index contributed by atoms with van der Waals surface area (Å²) in [5, 5.41) is 4.53. The van der Waals surface area contributed by atoms with E-state index in [9.17, 15) is 13.2 Å². The zero-order valence-corrected chi connectivity index (χ0v) is 10.6. The van der Waals surface area contributed by atoms with Crippen molar-refractivity contribution in [2.24, 2.45) is 11.1 Å². The van der Waals surface area contributed by atoms with Crippen molar-refractivity contribution in [1.29, 1.82) is 0 Å². The normalized spacial score (nSPS) is 31.1. The molecule has 2 aliphatic heterocycles. The first kappa shape index (κ1) is 12.8. The van der Waals surface area contributed by atoms with Gasteiger partial charge in [0.05, 0.1) is 11.9 Å². The van der Waals surface area contributed by atoms with Gasteiger partial charge in [0.2, 0.25) is 10.0 Å². The van der Waals surface area contributed by atoms with Crippen molar-refractivity contribution < 1.29 is 17.9 Å². The van der Waals surface area contributed by atoms with E-state index in [2.05, 4.69) is 0 Å². The summed E-state index contributed by atoms with van der Waals surface area (Å²) in [5.74, 6) is -0.0746. The average Bonchev–Trinajstić information content (AvgIpc) is 2.60. The van der Waals surface area contributed by atoms with Gasteiger partial charge < -0.3 is 9.64 Å². The number of sulfonamides is 1. The van der Waals surface area contributed by atoms with Crippen molar-refractivity contribution >= 4 is 15.9 Å². The largest absolute Gasteiger partial charge is 0.368 e. The summed E-state index contributed by atoms with van der Waals surface area (Å²) in [4.78, 5) is 13.6. The molecule has 1 amide bonds. The van der Waals surface area contributed by atoms with E-state index >= 15 is 0 Å². The molecule has 2 saturated heterocycles. The second kappa shape index (κ2) is 4.55. The second-order valence-corrected chi connectivity index (χ2v) is 6.70. The van der Waals surface area contributed by atoms with Crippen LogP contribution in [0.25, 0.3) is 0 Å². The van der Waals surface area contributed by atoms with Gasteiger partial charge in [0.1, 0.15) is 6.10 Å². The van der Waals surface area contributed by atoms with E-state index in [0.717, 1.165) is 6.42 Å². The zero-order chi connectivity index (χ0) is 12.6. The standard InChI is InChI=1S/C10H18N2O4S/c1-7(17(11,14)15)8-2-4-12(6-8)10(13)9-3-5-16-9/h7-9H,2-6H2,1H3,(H2,11,14,15). The summed E-state index contributed by atoms with van der Waals surface area (Å²) < 4.78 is 27.6. The minimum absolute atomic E-state index is 0.0135. The maximum Gasteiger partial charge on any atom is 0.251 e. The van der Waals surface area contributed by atoms with Crippen LogP contribution in [0.4, 0.5) is 0 Å². The number of amides is 1. The average molecular weight is 262 g/mol. The first-order valence-electron chi connectivity index (χ1n) is 5.81. The zero-order valence-electron chi connectivity index (χ0n) is 9.83. The van der Waals surface area contributed by atoms with Gasteiger partial charge in [0.25, 0.3) is 5.91 Å². The van der Waals surface area contributed by atoms with Crippen LogP contribution < -0.4 is 5.14 Å². The summed E-state index contributed by atoms with van der Waals surface area (Å²) in [6.07, 6.45) is 1.15. The topological polar surface area (TPSA) is 89.7 Å². The number of nitrogens with zero attached hydrogens (tertiary/aromatic N) is 1. The smallest absolute Gasteiger partial charge is 0.251 e. The van der Waals surface area contributed by atoms with E-state index in [4.69, 9.17) is 9.88 Å². The quantitative estimate of drug-likeness (QED) is 0.728. The molecule has 0 spiro atoms. The highest BCUT2D eigenvalue weighted by Gasteiger charge is 2.38. The maximum absolute atomic E-state index is 11.9. The Kier molecular flexibility index (Phi) is 3.42. The molecule has 6 nitrogen and oxygen atoms in total. The van der Waals surface area contributed by atoms with Crippen LogP contribution in [-0.2, 0) is 19.6 Å². The number of carbonyl (C=O) groups excluding carboxylic acids is 1. The van der Waals surface area contributed by atoms with Gasteiger partial charge in [-0.3, -0.25) is 4.79 Å². The van der Waals surface area contributed by atoms with Crippen LogP contribution in [0.3, 0.4) is 0 Å². The fraction of sp³-hybridized carbons (Fsp3) is 0.900. The number of hydrogen-bond acceptors (Lipinski definition) is 4. The number of hydrogen-bond donors (Lipinski definition) is 1. The first-order valence-corrected chi connectivity index (χ1v) is 7.42. The minimum atomic E-state index is -3.52. The Morgan fingerprint density at radius 2 is 2.12 bits per heavy atom. The number of nitrogens with two attached hydrogens (primary N) is 1. The molecular weight excluding hydrogens is 244 g/mol. The summed E-state index contributed by atoms with van der Waals surface area (Å²) in [5.41, 5.74) is 0. The summed E-state index contributed by atoms with van der Waals surface area (Å²) in [7, 11) is -3.52. The van der Waals surface area contributed by atoms with Gasteiger partial charge in [0.15, 0.2) is 0 Å². The van der Waals surface area contributed by atoms with Crippen molar-refractivity contribution in [3.8, 4) is 0 Å². The molecule has 0 saturated carbocycles. The van der Waals surface area contributed by atoms with Crippen molar-refractivity contribution in [3.05, 3.63) is 0 Å². The predicted octanol–water partition coefficient (Wildman–Crippen LogP) is -0.699. The van der Waals surface area contributed by atoms with Gasteiger partial charge in [-0.25, -0.2) is 13.6 Å². The van der Waals surface area contributed by atoms with E-state index in [1.165, 1.54) is 0 Å². The van der Waals surface area contributed by atoms with Crippen molar-refractivity contribution in [1.82, 2.24) is 4.90 Å². The van der Waals surface area contributed by atoms with E-state index in [1.54, 1.807) is 11.8 Å². The molecule has 0 aromatic carbocycles. The summed E-state index contributed by atoms with van der Waals surface area (Å²) >= 11 is 0. The van der Waals surface area contributed by atoms with Gasteiger partial charge in [0, 0.05) is 19.5 Å². The molecule has 2 aliphatic rings. The molecule has 0 aromatic heterocycles. The molecule has 7 heteroatoms. The number of likely N-dealkylation sites (tertiary alicyclic amines) is 1. The number of ether oxygens (including phenoxy) is 1. The van der Waals surface area contributed by atoms with Crippen molar-refractivity contribution in [2.75, 3.05) is 19.7 Å². The third-order valence-electron chi connectivity index (χ3n) is 3.69. The third kappa shape index (κ3) is 2.61. The van der Waals surface area contributed by atoms with E-state index in [-0.39, 0.29) is 17.9 Å². The lowest BCUT2D eigenvalue weighted by molar-refractivity contribution is -0.155. The SMILES string of the molecule is CC(C1CCN(C(=O)C2CCO2)C1)S(N)(=O)=O. The molecule has 17 heavy (non-hydrogen) atoms. The monoisotopic (exact) mass is 262 g/mol. The molecule has 3 unspecified atom stereocenters. The van der Waals surface area contributed by atoms with Crippen LogP contribution in [0, 0.1) is 5.92 Å². The van der Waals surface area contributed by atoms with Gasteiger partial charge in [-0.1, -0.05) is 0 Å². The van der Waals surface area contributed by atoms with Crippen LogP contribution in [0.1, 0.15) is 19.8 Å². The summed E-state index contributed by atoms with van der Waals surface area (Å²) in [6, 6.07) is 0. The highest BCUT2D eigenvalue weighted by atomic mass is 32.2. The van der Waals surface area contributed by atoms with Crippen LogP contribution in [0.2, 0.25) is 0 Å². The molecule has 0 aliphatic carbocycles. The van der Waals surface area contributed by atoms with Crippen LogP contribution >= 0.6 is 0 Å². The van der Waals surface area contributed by atoms with Crippen molar-refractivity contribution in [3.63, 3.8) is 0 Å². The van der Waals surface area contributed by atoms with E-state index in [0.29, 0.717) is 26.1 Å². The van der Waals surface area contributed by atoms with Crippen LogP contribution in [0.15, 0.2) is 0 Å². The molecule has 2 N–H and O–H groups in total. The molecule has 0 radical (unpaired) electrons.